The third kappa shape index (κ3) is 7.67. The molecule has 0 atom stereocenters. The number of rotatable bonds is 11. The van der Waals surface area contributed by atoms with Crippen LogP contribution < -0.4 is 26.2 Å². The van der Waals surface area contributed by atoms with Crippen LogP contribution in [0.1, 0.15) is 18.9 Å². The number of nitrogens with one attached hydrogen (secondary N) is 4. The number of carbonyl (C=O) groups excluding carboxylic acids is 6. The summed E-state index contributed by atoms with van der Waals surface area (Å²) in [5, 5.41) is 9.68. The van der Waals surface area contributed by atoms with Crippen LogP contribution in [0.3, 0.4) is 0 Å². The van der Waals surface area contributed by atoms with Crippen LogP contribution in [0.5, 0.6) is 0 Å². The molecule has 0 fully saturated rings. The normalized spacial score (nSPS) is 12.5. The van der Waals surface area contributed by atoms with Crippen LogP contribution in [-0.2, 0) is 35.2 Å². The van der Waals surface area contributed by atoms with Crippen molar-refractivity contribution in [2.24, 2.45) is 0 Å². The minimum absolute atomic E-state index is 0.128. The predicted molar refractivity (Wildman–Crippen MR) is 114 cm³/mol. The number of likely N-dealkylation sites (N-methyl/N-ethyl adjacent to an activating group) is 1. The molecule has 0 saturated carbocycles. The average molecular weight is 443 g/mol. The zero-order chi connectivity index (χ0) is 23.5. The molecule has 0 unspecified atom stereocenters. The van der Waals surface area contributed by atoms with Crippen LogP contribution in [-0.4, -0.2) is 61.6 Å². The van der Waals surface area contributed by atoms with Gasteiger partial charge in [0.15, 0.2) is 0 Å². The fraction of sp³-hybridized carbons (Fsp3) is 0.333. The first-order valence-electron chi connectivity index (χ1n) is 10.0. The van der Waals surface area contributed by atoms with Gasteiger partial charge in [0.1, 0.15) is 0 Å². The third-order valence-corrected chi connectivity index (χ3v) is 4.36. The highest BCUT2D eigenvalue weighted by Crippen LogP contribution is 2.19. The van der Waals surface area contributed by atoms with Crippen molar-refractivity contribution in [3.05, 3.63) is 42.0 Å². The Morgan fingerprint density at radius 1 is 0.719 bits per heavy atom. The number of aryl methyl sites for hydroxylation is 1. The number of carbonyl (C=O) groups is 6. The lowest BCUT2D eigenvalue weighted by Crippen LogP contribution is -2.44. The van der Waals surface area contributed by atoms with Gasteiger partial charge in [-0.15, -0.1) is 0 Å². The van der Waals surface area contributed by atoms with Gasteiger partial charge in [-0.25, -0.2) is 4.90 Å². The van der Waals surface area contributed by atoms with Gasteiger partial charge >= 0.3 is 0 Å². The summed E-state index contributed by atoms with van der Waals surface area (Å²) in [7, 11) is 0. The van der Waals surface area contributed by atoms with Crippen molar-refractivity contribution in [1.82, 2.24) is 21.3 Å². The molecule has 6 amide bonds. The lowest BCUT2D eigenvalue weighted by atomic mass is 10.1. The summed E-state index contributed by atoms with van der Waals surface area (Å²) >= 11 is 0. The Balaban J connectivity index is 1.64. The molecule has 0 radical (unpaired) electrons. The second kappa shape index (κ2) is 12.0. The van der Waals surface area contributed by atoms with E-state index in [0.29, 0.717) is 18.7 Å². The highest BCUT2D eigenvalue weighted by atomic mass is 16.2. The summed E-state index contributed by atoms with van der Waals surface area (Å²) in [6.07, 6.45) is 2.93. The summed E-state index contributed by atoms with van der Waals surface area (Å²) in [6.45, 7) is 1.44. The SMILES string of the molecule is CCNC(=O)CNC(=O)CNC(=O)CNC(=O)CCc1ccc(N2C(=O)C=CC2=O)cc1. The van der Waals surface area contributed by atoms with Crippen molar-refractivity contribution in [3.63, 3.8) is 0 Å². The quantitative estimate of drug-likeness (QED) is 0.306. The van der Waals surface area contributed by atoms with E-state index in [1.54, 1.807) is 31.2 Å². The second-order valence-corrected chi connectivity index (χ2v) is 6.80. The summed E-state index contributed by atoms with van der Waals surface area (Å²) in [5.41, 5.74) is 1.27. The largest absolute Gasteiger partial charge is 0.355 e. The van der Waals surface area contributed by atoms with E-state index in [-0.39, 0.29) is 37.9 Å². The minimum Gasteiger partial charge on any atom is -0.355 e. The molecule has 0 spiro atoms. The Hall–Kier alpha value is -4.02. The maximum absolute atomic E-state index is 11.9. The molecule has 11 heteroatoms. The molecule has 11 nitrogen and oxygen atoms in total. The van der Waals surface area contributed by atoms with Crippen molar-refractivity contribution in [3.8, 4) is 0 Å². The molecule has 2 rings (SSSR count). The smallest absolute Gasteiger partial charge is 0.258 e. The molecule has 1 aromatic rings. The summed E-state index contributed by atoms with van der Waals surface area (Å²) < 4.78 is 0. The van der Waals surface area contributed by atoms with E-state index < -0.39 is 23.6 Å². The molecule has 32 heavy (non-hydrogen) atoms. The topological polar surface area (TPSA) is 154 Å². The zero-order valence-corrected chi connectivity index (χ0v) is 17.6. The molecule has 170 valence electrons. The van der Waals surface area contributed by atoms with Gasteiger partial charge in [0.25, 0.3) is 11.8 Å². The van der Waals surface area contributed by atoms with Gasteiger partial charge in [-0.3, -0.25) is 28.8 Å². The van der Waals surface area contributed by atoms with Crippen LogP contribution in [0.25, 0.3) is 0 Å². The standard InChI is InChI=1S/C21H25N5O6/c1-2-22-17(28)11-24-19(30)13-25-18(29)12-23-16(27)8-5-14-3-6-15(7-4-14)26-20(31)9-10-21(26)32/h3-4,6-7,9-10H,2,5,8,11-13H2,1H3,(H,22,28)(H,23,27)(H,24,30)(H,25,29). The van der Waals surface area contributed by atoms with Crippen LogP contribution in [0, 0.1) is 0 Å². The van der Waals surface area contributed by atoms with Gasteiger partial charge < -0.3 is 21.3 Å². The van der Waals surface area contributed by atoms with Crippen molar-refractivity contribution < 1.29 is 28.8 Å². The molecular weight excluding hydrogens is 418 g/mol. The van der Waals surface area contributed by atoms with Crippen molar-refractivity contribution in [1.29, 1.82) is 0 Å². The van der Waals surface area contributed by atoms with Gasteiger partial charge in [-0.05, 0) is 31.0 Å². The Morgan fingerprint density at radius 2 is 1.19 bits per heavy atom. The van der Waals surface area contributed by atoms with Crippen molar-refractivity contribution in [2.75, 3.05) is 31.1 Å². The third-order valence-electron chi connectivity index (χ3n) is 4.36. The van der Waals surface area contributed by atoms with Gasteiger partial charge in [0.2, 0.25) is 23.6 Å². The van der Waals surface area contributed by atoms with Gasteiger partial charge in [-0.1, -0.05) is 12.1 Å². The molecule has 1 aromatic carbocycles. The maximum atomic E-state index is 11.9. The van der Waals surface area contributed by atoms with Gasteiger partial charge in [0.05, 0.1) is 25.3 Å². The first-order valence-corrected chi connectivity index (χ1v) is 10.0. The maximum Gasteiger partial charge on any atom is 0.258 e. The predicted octanol–water partition coefficient (Wildman–Crippen LogP) is -1.47. The van der Waals surface area contributed by atoms with E-state index in [9.17, 15) is 28.8 Å². The number of imide groups is 1. The molecule has 0 aliphatic carbocycles. The van der Waals surface area contributed by atoms with Gasteiger partial charge in [-0.2, -0.15) is 0 Å². The highest BCUT2D eigenvalue weighted by molar-refractivity contribution is 6.28. The summed E-state index contributed by atoms with van der Waals surface area (Å²) in [4.78, 5) is 70.9. The Labute approximate surface area is 184 Å². The number of anilines is 1. The number of amides is 6. The molecule has 0 aromatic heterocycles. The first-order chi connectivity index (χ1) is 15.3. The van der Waals surface area contributed by atoms with E-state index in [1.807, 2.05) is 0 Å². The minimum atomic E-state index is -0.538. The monoisotopic (exact) mass is 443 g/mol. The fourth-order valence-electron chi connectivity index (χ4n) is 2.73. The highest BCUT2D eigenvalue weighted by Gasteiger charge is 2.24. The van der Waals surface area contributed by atoms with E-state index in [4.69, 9.17) is 0 Å². The lowest BCUT2D eigenvalue weighted by molar-refractivity contribution is -0.128. The summed E-state index contributed by atoms with van der Waals surface area (Å²) in [5.74, 6) is -2.54. The van der Waals surface area contributed by atoms with Crippen LogP contribution in [0.4, 0.5) is 5.69 Å². The van der Waals surface area contributed by atoms with Crippen molar-refractivity contribution in [2.45, 2.75) is 19.8 Å². The Kier molecular flexibility index (Phi) is 9.08. The lowest BCUT2D eigenvalue weighted by Gasteiger charge is -2.14. The zero-order valence-electron chi connectivity index (χ0n) is 17.6. The molecule has 1 heterocycles. The second-order valence-electron chi connectivity index (χ2n) is 6.80. The first kappa shape index (κ1) is 24.3. The van der Waals surface area contributed by atoms with E-state index in [0.717, 1.165) is 10.5 Å². The van der Waals surface area contributed by atoms with Gasteiger partial charge in [0, 0.05) is 25.1 Å². The van der Waals surface area contributed by atoms with E-state index >= 15 is 0 Å². The molecule has 1 aliphatic rings. The Bertz CT molecular complexity index is 907. The molecular formula is C21H25N5O6. The van der Waals surface area contributed by atoms with Crippen LogP contribution in [0.2, 0.25) is 0 Å². The molecule has 1 aliphatic heterocycles. The van der Waals surface area contributed by atoms with Crippen LogP contribution >= 0.6 is 0 Å². The number of benzene rings is 1. The van der Waals surface area contributed by atoms with E-state index in [1.165, 1.54) is 12.2 Å². The van der Waals surface area contributed by atoms with Crippen molar-refractivity contribution >= 4 is 41.1 Å². The molecule has 0 saturated heterocycles. The molecule has 4 N–H and O–H groups in total. The average Bonchev–Trinajstić information content (AvgIpc) is 3.11. The fourth-order valence-corrected chi connectivity index (χ4v) is 2.73. The molecule has 0 bridgehead atoms. The van der Waals surface area contributed by atoms with Crippen LogP contribution in [0.15, 0.2) is 36.4 Å². The number of nitrogens with zero attached hydrogens (tertiary/aromatic N) is 1. The summed E-state index contributed by atoms with van der Waals surface area (Å²) in [6, 6.07) is 6.68. The Morgan fingerprint density at radius 3 is 1.69 bits per heavy atom. The van der Waals surface area contributed by atoms with E-state index in [2.05, 4.69) is 21.3 Å². The number of hydrogen-bond donors (Lipinski definition) is 4. The number of hydrogen-bond acceptors (Lipinski definition) is 6.